The molecule has 0 spiro atoms. The summed E-state index contributed by atoms with van der Waals surface area (Å²) in [5.41, 5.74) is 5.65. The zero-order valence-corrected chi connectivity index (χ0v) is 10.9. The van der Waals surface area contributed by atoms with Gasteiger partial charge in [-0.1, -0.05) is 62.4 Å². The lowest BCUT2D eigenvalue weighted by Crippen LogP contribution is -1.95. The first kappa shape index (κ1) is 11.9. The van der Waals surface area contributed by atoms with Gasteiger partial charge >= 0.3 is 0 Å². The third-order valence-electron chi connectivity index (χ3n) is 3.28. The Hall–Kier alpha value is -1.56. The Balaban J connectivity index is 2.29. The van der Waals surface area contributed by atoms with Gasteiger partial charge in [0.2, 0.25) is 0 Å². The molecule has 17 heavy (non-hydrogen) atoms. The molecule has 0 heteroatoms. The van der Waals surface area contributed by atoms with E-state index in [-0.39, 0.29) is 0 Å². The van der Waals surface area contributed by atoms with Gasteiger partial charge in [-0.3, -0.25) is 0 Å². The minimum atomic E-state index is 0.602. The molecule has 0 atom stereocenters. The van der Waals surface area contributed by atoms with Gasteiger partial charge in [0.1, 0.15) is 0 Å². The van der Waals surface area contributed by atoms with Crippen LogP contribution in [0.1, 0.15) is 42.0 Å². The summed E-state index contributed by atoms with van der Waals surface area (Å²) >= 11 is 0. The molecule has 0 heterocycles. The number of hydrogen-bond acceptors (Lipinski definition) is 0. The van der Waals surface area contributed by atoms with Gasteiger partial charge in [0.25, 0.3) is 0 Å². The lowest BCUT2D eigenvalue weighted by Gasteiger charge is -2.11. The van der Waals surface area contributed by atoms with Gasteiger partial charge in [-0.15, -0.1) is 0 Å². The van der Waals surface area contributed by atoms with Crippen molar-refractivity contribution in [3.63, 3.8) is 0 Å². The largest absolute Gasteiger partial charge is 0.0622 e. The Labute approximate surface area is 104 Å². The summed E-state index contributed by atoms with van der Waals surface area (Å²) in [6.45, 7) is 6.69. The van der Waals surface area contributed by atoms with Crippen LogP contribution in [0.2, 0.25) is 0 Å². The number of hydrogen-bond donors (Lipinski definition) is 0. The Morgan fingerprint density at radius 3 is 2.29 bits per heavy atom. The van der Waals surface area contributed by atoms with Crippen LogP contribution in [0.4, 0.5) is 0 Å². The molecule has 0 unspecified atom stereocenters. The summed E-state index contributed by atoms with van der Waals surface area (Å²) in [4.78, 5) is 0. The standard InChI is InChI=1S/C17H20/c1-13(2)16-10-9-14(3)17(12-16)11-15-7-5-4-6-8-15/h4-10,12-13H,11H2,1-3H3. The monoisotopic (exact) mass is 224 g/mol. The molecule has 0 bridgehead atoms. The zero-order valence-electron chi connectivity index (χ0n) is 10.9. The van der Waals surface area contributed by atoms with Crippen molar-refractivity contribution in [3.05, 3.63) is 70.8 Å². The van der Waals surface area contributed by atoms with Crippen LogP contribution < -0.4 is 0 Å². The van der Waals surface area contributed by atoms with E-state index < -0.39 is 0 Å². The highest BCUT2D eigenvalue weighted by atomic mass is 14.1. The van der Waals surface area contributed by atoms with E-state index in [4.69, 9.17) is 0 Å². The van der Waals surface area contributed by atoms with Crippen molar-refractivity contribution in [1.82, 2.24) is 0 Å². The van der Waals surface area contributed by atoms with Crippen LogP contribution in [-0.2, 0) is 6.42 Å². The fraction of sp³-hybridized carbons (Fsp3) is 0.294. The van der Waals surface area contributed by atoms with E-state index >= 15 is 0 Å². The van der Waals surface area contributed by atoms with Gasteiger partial charge in [0, 0.05) is 0 Å². The Bertz CT molecular complexity index is 481. The second-order valence-electron chi connectivity index (χ2n) is 5.00. The van der Waals surface area contributed by atoms with Crippen molar-refractivity contribution in [3.8, 4) is 0 Å². The molecule has 0 amide bonds. The quantitative estimate of drug-likeness (QED) is 0.708. The fourth-order valence-electron chi connectivity index (χ4n) is 2.06. The maximum atomic E-state index is 2.35. The van der Waals surface area contributed by atoms with Gasteiger partial charge < -0.3 is 0 Å². The first-order valence-electron chi connectivity index (χ1n) is 6.30. The first-order valence-corrected chi connectivity index (χ1v) is 6.30. The molecule has 0 saturated heterocycles. The third-order valence-corrected chi connectivity index (χ3v) is 3.28. The zero-order chi connectivity index (χ0) is 12.3. The summed E-state index contributed by atoms with van der Waals surface area (Å²) < 4.78 is 0. The van der Waals surface area contributed by atoms with Gasteiger partial charge in [-0.25, -0.2) is 0 Å². The molecular formula is C17H20. The second-order valence-corrected chi connectivity index (χ2v) is 5.00. The van der Waals surface area contributed by atoms with Crippen LogP contribution in [0.3, 0.4) is 0 Å². The smallest absolute Gasteiger partial charge is 0.00230 e. The van der Waals surface area contributed by atoms with Crippen molar-refractivity contribution in [2.45, 2.75) is 33.1 Å². The lowest BCUT2D eigenvalue weighted by atomic mass is 9.94. The van der Waals surface area contributed by atoms with Crippen LogP contribution in [0.25, 0.3) is 0 Å². The molecular weight excluding hydrogens is 204 g/mol. The van der Waals surface area contributed by atoms with E-state index in [1.807, 2.05) is 0 Å². The molecule has 0 nitrogen and oxygen atoms in total. The third kappa shape index (κ3) is 2.97. The predicted octanol–water partition coefficient (Wildman–Crippen LogP) is 4.71. The summed E-state index contributed by atoms with van der Waals surface area (Å²) in [7, 11) is 0. The maximum absolute atomic E-state index is 2.35. The SMILES string of the molecule is Cc1ccc(C(C)C)cc1Cc1ccccc1. The minimum Gasteiger partial charge on any atom is -0.0622 e. The van der Waals surface area contributed by atoms with Gasteiger partial charge in [-0.2, -0.15) is 0 Å². The van der Waals surface area contributed by atoms with Crippen LogP contribution in [-0.4, -0.2) is 0 Å². The summed E-state index contributed by atoms with van der Waals surface area (Å²) in [6.07, 6.45) is 1.03. The van der Waals surface area contributed by atoms with Crippen molar-refractivity contribution in [2.24, 2.45) is 0 Å². The van der Waals surface area contributed by atoms with E-state index in [1.54, 1.807) is 0 Å². The molecule has 88 valence electrons. The lowest BCUT2D eigenvalue weighted by molar-refractivity contribution is 0.862. The topological polar surface area (TPSA) is 0 Å². The van der Waals surface area contributed by atoms with E-state index in [9.17, 15) is 0 Å². The van der Waals surface area contributed by atoms with Crippen molar-refractivity contribution in [2.75, 3.05) is 0 Å². The molecule has 0 saturated carbocycles. The highest BCUT2D eigenvalue weighted by molar-refractivity contribution is 5.36. The Morgan fingerprint density at radius 2 is 1.65 bits per heavy atom. The van der Waals surface area contributed by atoms with Gasteiger partial charge in [0.15, 0.2) is 0 Å². The molecule has 0 radical (unpaired) electrons. The maximum Gasteiger partial charge on any atom is -0.00230 e. The molecule has 0 N–H and O–H groups in total. The highest BCUT2D eigenvalue weighted by Crippen LogP contribution is 2.20. The molecule has 0 aromatic heterocycles. The second kappa shape index (κ2) is 5.18. The average Bonchev–Trinajstić information content (AvgIpc) is 2.33. The van der Waals surface area contributed by atoms with Gasteiger partial charge in [-0.05, 0) is 41.5 Å². The number of benzene rings is 2. The molecule has 0 aliphatic heterocycles. The van der Waals surface area contributed by atoms with Crippen molar-refractivity contribution < 1.29 is 0 Å². The normalized spacial score (nSPS) is 10.8. The number of rotatable bonds is 3. The van der Waals surface area contributed by atoms with E-state index in [1.165, 1.54) is 22.3 Å². The van der Waals surface area contributed by atoms with Gasteiger partial charge in [0.05, 0.1) is 0 Å². The molecule has 0 aliphatic rings. The average molecular weight is 224 g/mol. The Morgan fingerprint density at radius 1 is 0.941 bits per heavy atom. The molecule has 2 rings (SSSR count). The van der Waals surface area contributed by atoms with Crippen molar-refractivity contribution in [1.29, 1.82) is 0 Å². The Kier molecular flexibility index (Phi) is 3.63. The first-order chi connectivity index (χ1) is 8.16. The molecule has 0 aliphatic carbocycles. The van der Waals surface area contributed by atoms with Crippen LogP contribution in [0.15, 0.2) is 48.5 Å². The molecule has 2 aromatic carbocycles. The van der Waals surface area contributed by atoms with Crippen LogP contribution in [0.5, 0.6) is 0 Å². The summed E-state index contributed by atoms with van der Waals surface area (Å²) in [6, 6.07) is 17.5. The fourth-order valence-corrected chi connectivity index (χ4v) is 2.06. The summed E-state index contributed by atoms with van der Waals surface area (Å²) in [5, 5.41) is 0. The van der Waals surface area contributed by atoms with E-state index in [2.05, 4.69) is 69.3 Å². The van der Waals surface area contributed by atoms with Crippen LogP contribution in [0, 0.1) is 6.92 Å². The van der Waals surface area contributed by atoms with Crippen molar-refractivity contribution >= 4 is 0 Å². The summed E-state index contributed by atoms with van der Waals surface area (Å²) in [5.74, 6) is 0.602. The highest BCUT2D eigenvalue weighted by Gasteiger charge is 2.04. The number of aryl methyl sites for hydroxylation is 1. The van der Waals surface area contributed by atoms with Crippen LogP contribution >= 0.6 is 0 Å². The minimum absolute atomic E-state index is 0.602. The predicted molar refractivity (Wildman–Crippen MR) is 74.5 cm³/mol. The molecule has 2 aromatic rings. The molecule has 0 fully saturated rings. The van der Waals surface area contributed by atoms with E-state index in [0.717, 1.165) is 6.42 Å². The van der Waals surface area contributed by atoms with E-state index in [0.29, 0.717) is 5.92 Å².